The Morgan fingerprint density at radius 2 is 2.00 bits per heavy atom. The van der Waals surface area contributed by atoms with Crippen molar-refractivity contribution in [2.24, 2.45) is 0 Å². The summed E-state index contributed by atoms with van der Waals surface area (Å²) in [5, 5.41) is 1.95. The smallest absolute Gasteiger partial charge is 0.150 e. The second-order valence-electron chi connectivity index (χ2n) is 2.95. The monoisotopic (exact) mass is 171 g/mol. The Morgan fingerprint density at radius 1 is 1.15 bits per heavy atom. The molecule has 0 atom stereocenters. The number of nitrogen functional groups attached to an aromatic ring is 1. The molecule has 2 heteroatoms. The van der Waals surface area contributed by atoms with Crippen molar-refractivity contribution >= 4 is 22.7 Å². The summed E-state index contributed by atoms with van der Waals surface area (Å²) >= 11 is 0. The number of rotatable bonds is 1. The maximum absolute atomic E-state index is 10.7. The topological polar surface area (TPSA) is 43.1 Å². The number of benzene rings is 2. The number of aldehydes is 1. The molecule has 0 aliphatic heterocycles. The van der Waals surface area contributed by atoms with Crippen molar-refractivity contribution < 1.29 is 4.79 Å². The maximum Gasteiger partial charge on any atom is 0.150 e. The van der Waals surface area contributed by atoms with Crippen LogP contribution in [0.1, 0.15) is 10.4 Å². The van der Waals surface area contributed by atoms with E-state index >= 15 is 0 Å². The van der Waals surface area contributed by atoms with Crippen LogP contribution >= 0.6 is 0 Å². The third-order valence-corrected chi connectivity index (χ3v) is 2.07. The Bertz CT molecular complexity index is 463. The molecular formula is C11H9NO. The quantitative estimate of drug-likeness (QED) is 0.528. The highest BCUT2D eigenvalue weighted by Gasteiger charge is 1.98. The van der Waals surface area contributed by atoms with Crippen molar-refractivity contribution in [1.82, 2.24) is 0 Å². The van der Waals surface area contributed by atoms with Gasteiger partial charge in [0.15, 0.2) is 6.29 Å². The molecule has 0 heterocycles. The number of fused-ring (bicyclic) bond motifs is 1. The molecule has 0 fully saturated rings. The molecule has 0 bridgehead atoms. The van der Waals surface area contributed by atoms with Crippen LogP contribution in [0.2, 0.25) is 0 Å². The highest BCUT2D eigenvalue weighted by Crippen LogP contribution is 2.19. The first-order valence-corrected chi connectivity index (χ1v) is 4.05. The lowest BCUT2D eigenvalue weighted by Gasteiger charge is -2.01. The Kier molecular flexibility index (Phi) is 1.74. The van der Waals surface area contributed by atoms with Gasteiger partial charge in [0.2, 0.25) is 0 Å². The summed E-state index contributed by atoms with van der Waals surface area (Å²) in [7, 11) is 0. The second-order valence-corrected chi connectivity index (χ2v) is 2.95. The zero-order valence-electron chi connectivity index (χ0n) is 7.03. The van der Waals surface area contributed by atoms with Crippen molar-refractivity contribution in [3.8, 4) is 0 Å². The first kappa shape index (κ1) is 7.80. The van der Waals surface area contributed by atoms with Gasteiger partial charge in [-0.3, -0.25) is 4.79 Å². The number of anilines is 1. The molecule has 13 heavy (non-hydrogen) atoms. The van der Waals surface area contributed by atoms with Gasteiger partial charge in [0, 0.05) is 11.3 Å². The number of hydrogen-bond acceptors (Lipinski definition) is 2. The lowest BCUT2D eigenvalue weighted by Crippen LogP contribution is -1.87. The molecule has 0 unspecified atom stereocenters. The fraction of sp³-hybridized carbons (Fsp3) is 0. The third-order valence-electron chi connectivity index (χ3n) is 2.07. The molecular weight excluding hydrogens is 162 g/mol. The SMILES string of the molecule is Nc1ccc2cccc(C=O)c2c1. The molecule has 0 spiro atoms. The zero-order valence-corrected chi connectivity index (χ0v) is 7.03. The molecule has 2 N–H and O–H groups in total. The molecule has 0 radical (unpaired) electrons. The number of carbonyl (C=O) groups excluding carboxylic acids is 1. The summed E-state index contributed by atoms with van der Waals surface area (Å²) in [6.07, 6.45) is 0.849. The molecule has 0 aromatic heterocycles. The van der Waals surface area contributed by atoms with Gasteiger partial charge in [0.1, 0.15) is 0 Å². The van der Waals surface area contributed by atoms with Crippen molar-refractivity contribution in [1.29, 1.82) is 0 Å². The van der Waals surface area contributed by atoms with E-state index < -0.39 is 0 Å². The lowest BCUT2D eigenvalue weighted by atomic mass is 10.1. The summed E-state index contributed by atoms with van der Waals surface area (Å²) in [4.78, 5) is 10.7. The van der Waals surface area contributed by atoms with Crippen molar-refractivity contribution in [2.75, 3.05) is 5.73 Å². The van der Waals surface area contributed by atoms with Gasteiger partial charge < -0.3 is 5.73 Å². The van der Waals surface area contributed by atoms with Gasteiger partial charge in [-0.05, 0) is 22.9 Å². The van der Waals surface area contributed by atoms with Gasteiger partial charge >= 0.3 is 0 Å². The fourth-order valence-electron chi connectivity index (χ4n) is 1.42. The highest BCUT2D eigenvalue weighted by molar-refractivity contribution is 5.99. The molecule has 2 aromatic carbocycles. The summed E-state index contributed by atoms with van der Waals surface area (Å²) in [6, 6.07) is 11.2. The van der Waals surface area contributed by atoms with Gasteiger partial charge in [0.25, 0.3) is 0 Å². The van der Waals surface area contributed by atoms with Crippen molar-refractivity contribution in [3.63, 3.8) is 0 Å². The van der Waals surface area contributed by atoms with Gasteiger partial charge in [-0.2, -0.15) is 0 Å². The summed E-state index contributed by atoms with van der Waals surface area (Å²) < 4.78 is 0. The van der Waals surface area contributed by atoms with E-state index in [4.69, 9.17) is 5.73 Å². The zero-order chi connectivity index (χ0) is 9.26. The third kappa shape index (κ3) is 1.26. The highest BCUT2D eigenvalue weighted by atomic mass is 16.1. The van der Waals surface area contributed by atoms with Gasteiger partial charge in [-0.25, -0.2) is 0 Å². The molecule has 0 aliphatic carbocycles. The van der Waals surface area contributed by atoms with Crippen LogP contribution in [0.15, 0.2) is 36.4 Å². The molecule has 2 aromatic rings. The predicted octanol–water partition coefficient (Wildman–Crippen LogP) is 2.23. The average molecular weight is 171 g/mol. The van der Waals surface area contributed by atoms with Crippen LogP contribution in [0, 0.1) is 0 Å². The normalized spacial score (nSPS) is 10.2. The van der Waals surface area contributed by atoms with E-state index in [0.717, 1.165) is 17.1 Å². The van der Waals surface area contributed by atoms with Crippen molar-refractivity contribution in [2.45, 2.75) is 0 Å². The van der Waals surface area contributed by atoms with Crippen LogP contribution in [-0.2, 0) is 0 Å². The van der Waals surface area contributed by atoms with E-state index in [9.17, 15) is 4.79 Å². The van der Waals surface area contributed by atoms with Crippen LogP contribution in [0.4, 0.5) is 5.69 Å². The van der Waals surface area contributed by atoms with Crippen LogP contribution in [0.3, 0.4) is 0 Å². The number of hydrogen-bond donors (Lipinski definition) is 1. The first-order valence-electron chi connectivity index (χ1n) is 4.05. The molecule has 0 aliphatic rings. The molecule has 2 rings (SSSR count). The van der Waals surface area contributed by atoms with Gasteiger partial charge in [-0.15, -0.1) is 0 Å². The minimum atomic E-state index is 0.682. The van der Waals surface area contributed by atoms with Crippen LogP contribution < -0.4 is 5.73 Å². The van der Waals surface area contributed by atoms with E-state index in [-0.39, 0.29) is 0 Å². The predicted molar refractivity (Wildman–Crippen MR) is 53.7 cm³/mol. The van der Waals surface area contributed by atoms with Crippen molar-refractivity contribution in [3.05, 3.63) is 42.0 Å². The standard InChI is InChI=1S/C11H9NO/c12-10-5-4-8-2-1-3-9(7-13)11(8)6-10/h1-7H,12H2. The van der Waals surface area contributed by atoms with E-state index in [1.54, 1.807) is 6.07 Å². The number of carbonyl (C=O) groups is 1. The van der Waals surface area contributed by atoms with Crippen LogP contribution in [0.5, 0.6) is 0 Å². The van der Waals surface area contributed by atoms with E-state index in [2.05, 4.69) is 0 Å². The van der Waals surface area contributed by atoms with Gasteiger partial charge in [-0.1, -0.05) is 24.3 Å². The summed E-state index contributed by atoms with van der Waals surface area (Å²) in [5.74, 6) is 0. The average Bonchev–Trinajstić information content (AvgIpc) is 2.17. The van der Waals surface area contributed by atoms with Gasteiger partial charge in [0.05, 0.1) is 0 Å². The Hall–Kier alpha value is -1.83. The van der Waals surface area contributed by atoms with E-state index in [1.807, 2.05) is 30.3 Å². The number of nitrogens with two attached hydrogens (primary N) is 1. The minimum absolute atomic E-state index is 0.682. The second kappa shape index (κ2) is 2.90. The summed E-state index contributed by atoms with van der Waals surface area (Å²) in [6.45, 7) is 0. The Labute approximate surface area is 76.0 Å². The Balaban J connectivity index is 2.86. The Morgan fingerprint density at radius 3 is 2.77 bits per heavy atom. The molecule has 0 amide bonds. The fourth-order valence-corrected chi connectivity index (χ4v) is 1.42. The largest absolute Gasteiger partial charge is 0.399 e. The lowest BCUT2D eigenvalue weighted by molar-refractivity contribution is 0.112. The van der Waals surface area contributed by atoms with Crippen LogP contribution in [0.25, 0.3) is 10.8 Å². The molecule has 0 saturated carbocycles. The molecule has 2 nitrogen and oxygen atoms in total. The molecule has 64 valence electrons. The van der Waals surface area contributed by atoms with E-state index in [0.29, 0.717) is 11.3 Å². The first-order chi connectivity index (χ1) is 6.31. The minimum Gasteiger partial charge on any atom is -0.399 e. The van der Waals surface area contributed by atoms with Crippen LogP contribution in [-0.4, -0.2) is 6.29 Å². The maximum atomic E-state index is 10.7. The van der Waals surface area contributed by atoms with E-state index in [1.165, 1.54) is 0 Å². The summed E-state index contributed by atoms with van der Waals surface area (Å²) in [5.41, 5.74) is 7.00. The molecule has 0 saturated heterocycles.